The molecule has 1 saturated heterocycles. The molecular formula is C21H29N3O6S. The van der Waals surface area contributed by atoms with Crippen LogP contribution in [0.25, 0.3) is 0 Å². The summed E-state index contributed by atoms with van der Waals surface area (Å²) in [5.41, 5.74) is 1.24. The van der Waals surface area contributed by atoms with Crippen LogP contribution in [0, 0.1) is 12.3 Å². The van der Waals surface area contributed by atoms with Crippen molar-refractivity contribution in [3.63, 3.8) is 0 Å². The molecule has 0 bridgehead atoms. The number of Topliss-reactive ketones (excluding diaryl/α,β-unsaturated/α-hetero) is 1. The number of ether oxygens (including phenoxy) is 1. The van der Waals surface area contributed by atoms with Crippen LogP contribution in [-0.4, -0.2) is 57.6 Å². The van der Waals surface area contributed by atoms with Crippen LogP contribution < -0.4 is 15.4 Å². The number of aryl methyl sites for hydroxylation is 1. The Labute approximate surface area is 182 Å². The Morgan fingerprint density at radius 2 is 2.00 bits per heavy atom. The monoisotopic (exact) mass is 451 g/mol. The largest absolute Gasteiger partial charge is 0.371 e. The van der Waals surface area contributed by atoms with Crippen molar-refractivity contribution in [2.75, 3.05) is 24.2 Å². The molecule has 1 aromatic carbocycles. The first-order chi connectivity index (χ1) is 14.5. The van der Waals surface area contributed by atoms with Crippen molar-refractivity contribution in [3.05, 3.63) is 29.3 Å². The molecule has 9 nitrogen and oxygen atoms in total. The highest BCUT2D eigenvalue weighted by atomic mass is 32.2. The number of carbonyl (C=O) groups is 3. The van der Waals surface area contributed by atoms with Crippen LogP contribution >= 0.6 is 0 Å². The maximum atomic E-state index is 12.9. The highest BCUT2D eigenvalue weighted by Crippen LogP contribution is 2.44. The second kappa shape index (κ2) is 8.96. The number of nitrogens with one attached hydrogen (secondary N) is 3. The molecule has 2 unspecified atom stereocenters. The molecule has 2 fully saturated rings. The van der Waals surface area contributed by atoms with Gasteiger partial charge in [0.2, 0.25) is 15.9 Å². The average molecular weight is 452 g/mol. The Morgan fingerprint density at radius 1 is 1.29 bits per heavy atom. The van der Waals surface area contributed by atoms with E-state index in [2.05, 4.69) is 22.3 Å². The molecule has 3 N–H and O–H groups in total. The smallest absolute Gasteiger partial charge is 0.251 e. The molecule has 0 spiro atoms. The highest BCUT2D eigenvalue weighted by molar-refractivity contribution is 7.92. The number of benzene rings is 1. The molecule has 10 heteroatoms. The lowest BCUT2D eigenvalue weighted by atomic mass is 9.67. The van der Waals surface area contributed by atoms with Gasteiger partial charge in [0.25, 0.3) is 5.91 Å². The first-order valence-corrected chi connectivity index (χ1v) is 12.2. The van der Waals surface area contributed by atoms with Crippen LogP contribution in [0.5, 0.6) is 0 Å². The standard InChI is InChI=1S/C21H29N3O6S/c1-13-9-14(5-6-15(13)24-31(3,28)29)19(26)22-16(10-21(2)7-4-8-21)20(27)23-17-11-30-12-18(17)25/h5-6,9,16-17,24H,4,7-8,10-12H2,1-3H3,(H,22,26)(H,23,27). The van der Waals surface area contributed by atoms with Crippen molar-refractivity contribution >= 4 is 33.3 Å². The summed E-state index contributed by atoms with van der Waals surface area (Å²) in [4.78, 5) is 37.6. The molecule has 31 heavy (non-hydrogen) atoms. The minimum Gasteiger partial charge on any atom is -0.371 e. The maximum Gasteiger partial charge on any atom is 0.251 e. The highest BCUT2D eigenvalue weighted by Gasteiger charge is 2.38. The van der Waals surface area contributed by atoms with Gasteiger partial charge in [0, 0.05) is 5.56 Å². The summed E-state index contributed by atoms with van der Waals surface area (Å²) in [5.74, 6) is -1.03. The minimum atomic E-state index is -3.44. The Balaban J connectivity index is 1.73. The molecule has 2 atom stereocenters. The molecule has 170 valence electrons. The summed E-state index contributed by atoms with van der Waals surface area (Å²) in [7, 11) is -3.44. The van der Waals surface area contributed by atoms with Crippen LogP contribution in [-0.2, 0) is 24.3 Å². The average Bonchev–Trinajstić information content (AvgIpc) is 3.05. The molecule has 1 saturated carbocycles. The molecule has 1 aliphatic heterocycles. The Morgan fingerprint density at radius 3 is 2.52 bits per heavy atom. The fourth-order valence-corrected chi connectivity index (χ4v) is 4.54. The Hall–Kier alpha value is -2.46. The number of hydrogen-bond acceptors (Lipinski definition) is 6. The van der Waals surface area contributed by atoms with Crippen LogP contribution in [0.4, 0.5) is 5.69 Å². The second-order valence-corrected chi connectivity index (χ2v) is 10.6. The van der Waals surface area contributed by atoms with Crippen molar-refractivity contribution in [2.45, 2.75) is 51.6 Å². The Kier molecular flexibility index (Phi) is 6.70. The number of ketones is 1. The first-order valence-electron chi connectivity index (χ1n) is 10.3. The van der Waals surface area contributed by atoms with Gasteiger partial charge in [-0.05, 0) is 55.4 Å². The molecule has 0 aromatic heterocycles. The van der Waals surface area contributed by atoms with E-state index < -0.39 is 33.9 Å². The molecule has 1 aromatic rings. The molecule has 3 rings (SSSR count). The van der Waals surface area contributed by atoms with Crippen LogP contribution in [0.15, 0.2) is 18.2 Å². The van der Waals surface area contributed by atoms with Gasteiger partial charge in [-0.1, -0.05) is 13.3 Å². The fraction of sp³-hybridized carbons (Fsp3) is 0.571. The van der Waals surface area contributed by atoms with E-state index >= 15 is 0 Å². The molecule has 0 radical (unpaired) electrons. The van der Waals surface area contributed by atoms with Gasteiger partial charge < -0.3 is 15.4 Å². The van der Waals surface area contributed by atoms with E-state index in [9.17, 15) is 22.8 Å². The van der Waals surface area contributed by atoms with E-state index in [0.29, 0.717) is 23.2 Å². The van der Waals surface area contributed by atoms with Gasteiger partial charge in [0.05, 0.1) is 18.6 Å². The van der Waals surface area contributed by atoms with Crippen LogP contribution in [0.1, 0.15) is 48.5 Å². The number of hydrogen-bond donors (Lipinski definition) is 3. The van der Waals surface area contributed by atoms with Gasteiger partial charge in [-0.2, -0.15) is 0 Å². The number of sulfonamides is 1. The van der Waals surface area contributed by atoms with Crippen LogP contribution in [0.2, 0.25) is 0 Å². The van der Waals surface area contributed by atoms with Gasteiger partial charge in [0.1, 0.15) is 18.7 Å². The van der Waals surface area contributed by atoms with Gasteiger partial charge in [0.15, 0.2) is 5.78 Å². The van der Waals surface area contributed by atoms with Crippen molar-refractivity contribution < 1.29 is 27.5 Å². The summed E-state index contributed by atoms with van der Waals surface area (Å²) in [6.07, 6.45) is 4.56. The summed E-state index contributed by atoms with van der Waals surface area (Å²) >= 11 is 0. The quantitative estimate of drug-likeness (QED) is 0.543. The summed E-state index contributed by atoms with van der Waals surface area (Å²) in [6, 6.07) is 3.11. The van der Waals surface area contributed by atoms with Crippen molar-refractivity contribution in [1.29, 1.82) is 0 Å². The molecule has 1 heterocycles. The maximum absolute atomic E-state index is 12.9. The van der Waals surface area contributed by atoms with Gasteiger partial charge in [-0.3, -0.25) is 19.1 Å². The third kappa shape index (κ3) is 6.04. The zero-order chi connectivity index (χ0) is 22.8. The molecule has 1 aliphatic carbocycles. The minimum absolute atomic E-state index is 0.0210. The SMILES string of the molecule is Cc1cc(C(=O)NC(CC2(C)CCC2)C(=O)NC2COCC2=O)ccc1NS(C)(=O)=O. The number of anilines is 1. The van der Waals surface area contributed by atoms with Gasteiger partial charge in [-0.25, -0.2) is 8.42 Å². The molecule has 2 aliphatic rings. The summed E-state index contributed by atoms with van der Waals surface area (Å²) in [5, 5.41) is 5.50. The predicted molar refractivity (Wildman–Crippen MR) is 115 cm³/mol. The van der Waals surface area contributed by atoms with Crippen LogP contribution in [0.3, 0.4) is 0 Å². The first kappa shape index (κ1) is 23.2. The van der Waals surface area contributed by atoms with E-state index in [-0.39, 0.29) is 24.4 Å². The van der Waals surface area contributed by atoms with E-state index in [1.54, 1.807) is 13.0 Å². The number of carbonyl (C=O) groups excluding carboxylic acids is 3. The van der Waals surface area contributed by atoms with Crippen molar-refractivity contribution in [2.24, 2.45) is 5.41 Å². The zero-order valence-corrected chi connectivity index (χ0v) is 18.8. The third-order valence-corrected chi connectivity index (χ3v) is 6.49. The third-order valence-electron chi connectivity index (χ3n) is 5.90. The lowest BCUT2D eigenvalue weighted by Crippen LogP contribution is -2.53. The number of amides is 2. The summed E-state index contributed by atoms with van der Waals surface area (Å²) < 4.78 is 30.4. The number of rotatable bonds is 8. The topological polar surface area (TPSA) is 131 Å². The van der Waals surface area contributed by atoms with E-state index in [4.69, 9.17) is 4.74 Å². The zero-order valence-electron chi connectivity index (χ0n) is 18.0. The van der Waals surface area contributed by atoms with E-state index in [1.807, 2.05) is 0 Å². The second-order valence-electron chi connectivity index (χ2n) is 8.84. The lowest BCUT2D eigenvalue weighted by Gasteiger charge is -2.40. The fourth-order valence-electron chi connectivity index (χ4n) is 3.91. The molecular weight excluding hydrogens is 422 g/mol. The molecule has 2 amide bonds. The Bertz CT molecular complexity index is 987. The van der Waals surface area contributed by atoms with Crippen molar-refractivity contribution in [1.82, 2.24) is 10.6 Å². The lowest BCUT2D eigenvalue weighted by molar-refractivity contribution is -0.128. The van der Waals surface area contributed by atoms with E-state index in [1.165, 1.54) is 12.1 Å². The van der Waals surface area contributed by atoms with E-state index in [0.717, 1.165) is 25.5 Å². The van der Waals surface area contributed by atoms with Gasteiger partial charge in [-0.15, -0.1) is 0 Å². The van der Waals surface area contributed by atoms with Crippen molar-refractivity contribution in [3.8, 4) is 0 Å². The normalized spacial score (nSPS) is 21.1. The summed E-state index contributed by atoms with van der Waals surface area (Å²) in [6.45, 7) is 3.89. The predicted octanol–water partition coefficient (Wildman–Crippen LogP) is 1.13. The van der Waals surface area contributed by atoms with Gasteiger partial charge >= 0.3 is 0 Å².